The van der Waals surface area contributed by atoms with Crippen LogP contribution in [0.25, 0.3) is 16.8 Å². The largest absolute Gasteiger partial charge is 0.480 e. The third-order valence-corrected chi connectivity index (χ3v) is 8.64. The van der Waals surface area contributed by atoms with E-state index in [-0.39, 0.29) is 5.91 Å². The SMILES string of the molecule is O=C(O)CN1C(=O)C(=Cc2ccc3c(c2)C2CCCCC2N3c2cccc3ccccc23)SC1=S. The Morgan fingerprint density at radius 2 is 1.86 bits per heavy atom. The summed E-state index contributed by atoms with van der Waals surface area (Å²) in [5.41, 5.74) is 4.77. The molecule has 7 heteroatoms. The van der Waals surface area contributed by atoms with Crippen LogP contribution in [0.4, 0.5) is 11.4 Å². The number of fused-ring (bicyclic) bond motifs is 4. The van der Waals surface area contributed by atoms with E-state index in [9.17, 15) is 9.59 Å². The van der Waals surface area contributed by atoms with E-state index in [2.05, 4.69) is 65.6 Å². The van der Waals surface area contributed by atoms with Crippen molar-refractivity contribution >= 4 is 68.4 Å². The first-order chi connectivity index (χ1) is 17.0. The molecule has 2 unspecified atom stereocenters. The molecule has 1 N–H and O–H groups in total. The summed E-state index contributed by atoms with van der Waals surface area (Å²) in [4.78, 5) is 28.0. The molecule has 1 saturated carbocycles. The number of hydrogen-bond donors (Lipinski definition) is 1. The molecule has 2 fully saturated rings. The van der Waals surface area contributed by atoms with Crippen LogP contribution in [-0.4, -0.2) is 38.8 Å². The molecule has 3 aromatic rings. The minimum absolute atomic E-state index is 0.291. The third-order valence-electron chi connectivity index (χ3n) is 7.26. The van der Waals surface area contributed by atoms with Gasteiger partial charge in [-0.15, -0.1) is 0 Å². The maximum absolute atomic E-state index is 12.8. The van der Waals surface area contributed by atoms with Crippen LogP contribution in [0.15, 0.2) is 65.6 Å². The predicted octanol–water partition coefficient (Wildman–Crippen LogP) is 6.30. The number of hydrogen-bond acceptors (Lipinski definition) is 5. The van der Waals surface area contributed by atoms with Crippen LogP contribution in [0.2, 0.25) is 0 Å². The molecule has 2 atom stereocenters. The summed E-state index contributed by atoms with van der Waals surface area (Å²) < 4.78 is 0.291. The molecular formula is C28H24N2O3S2. The lowest BCUT2D eigenvalue weighted by molar-refractivity contribution is -0.140. The second-order valence-corrected chi connectivity index (χ2v) is 11.0. The topological polar surface area (TPSA) is 60.9 Å². The highest BCUT2D eigenvalue weighted by Gasteiger charge is 2.41. The number of carbonyl (C=O) groups excluding carboxylic acids is 1. The quantitative estimate of drug-likeness (QED) is 0.335. The van der Waals surface area contributed by atoms with Gasteiger partial charge in [-0.2, -0.15) is 0 Å². The zero-order chi connectivity index (χ0) is 24.1. The Morgan fingerprint density at radius 3 is 2.71 bits per heavy atom. The summed E-state index contributed by atoms with van der Waals surface area (Å²) in [6.45, 7) is -0.407. The van der Waals surface area contributed by atoms with Gasteiger partial charge in [0.1, 0.15) is 10.9 Å². The number of thioether (sulfide) groups is 1. The molecule has 0 bridgehead atoms. The summed E-state index contributed by atoms with van der Waals surface area (Å²) >= 11 is 6.42. The van der Waals surface area contributed by atoms with Crippen LogP contribution >= 0.6 is 24.0 Å². The van der Waals surface area contributed by atoms with Gasteiger partial charge in [-0.1, -0.05) is 79.3 Å². The molecule has 1 amide bonds. The lowest BCUT2D eigenvalue weighted by atomic mass is 9.82. The van der Waals surface area contributed by atoms with E-state index >= 15 is 0 Å². The fourth-order valence-electron chi connectivity index (χ4n) is 5.79. The second kappa shape index (κ2) is 8.81. The summed E-state index contributed by atoms with van der Waals surface area (Å²) in [6, 6.07) is 22.0. The average molecular weight is 501 g/mol. The predicted molar refractivity (Wildman–Crippen MR) is 145 cm³/mol. The fraction of sp³-hybridized carbons (Fsp3) is 0.250. The second-order valence-electron chi connectivity index (χ2n) is 9.31. The number of nitrogens with zero attached hydrogens (tertiary/aromatic N) is 2. The number of carbonyl (C=O) groups is 2. The molecule has 1 saturated heterocycles. The zero-order valence-electron chi connectivity index (χ0n) is 19.0. The highest BCUT2D eigenvalue weighted by Crippen LogP contribution is 2.52. The van der Waals surface area contributed by atoms with E-state index < -0.39 is 12.5 Å². The molecule has 35 heavy (non-hydrogen) atoms. The maximum atomic E-state index is 12.8. The van der Waals surface area contributed by atoms with Crippen LogP contribution in [-0.2, 0) is 9.59 Å². The van der Waals surface area contributed by atoms with Gasteiger partial charge in [0.05, 0.1) is 4.91 Å². The molecule has 2 aliphatic heterocycles. The van der Waals surface area contributed by atoms with Crippen molar-refractivity contribution in [3.8, 4) is 0 Å². The molecule has 176 valence electrons. The van der Waals surface area contributed by atoms with Gasteiger partial charge in [-0.05, 0) is 53.6 Å². The van der Waals surface area contributed by atoms with Crippen molar-refractivity contribution in [1.82, 2.24) is 4.90 Å². The Kier molecular flexibility index (Phi) is 5.61. The lowest BCUT2D eigenvalue weighted by Crippen LogP contribution is -2.33. The fourth-order valence-corrected chi connectivity index (χ4v) is 7.05. The van der Waals surface area contributed by atoms with E-state index in [1.165, 1.54) is 52.3 Å². The summed E-state index contributed by atoms with van der Waals surface area (Å²) in [5, 5.41) is 11.6. The number of benzene rings is 3. The number of amides is 1. The highest BCUT2D eigenvalue weighted by molar-refractivity contribution is 8.26. The van der Waals surface area contributed by atoms with Gasteiger partial charge in [0, 0.05) is 28.7 Å². The normalized spacial score (nSPS) is 22.7. The standard InChI is InChI=1S/C28H24N2O3S2/c31-26(32)16-29-27(33)25(35-28(29)34)15-17-12-13-24-21(14-17)20-9-3-4-10-23(20)30(24)22-11-5-7-18-6-1-2-8-19(18)22/h1-2,5-8,11-15,20,23H,3-4,9-10,16H2,(H,31,32). The van der Waals surface area contributed by atoms with Crippen molar-refractivity contribution in [2.24, 2.45) is 0 Å². The number of thiocarbonyl (C=S) groups is 1. The summed E-state index contributed by atoms with van der Waals surface area (Å²) in [6.07, 6.45) is 6.62. The number of rotatable bonds is 4. The van der Waals surface area contributed by atoms with Gasteiger partial charge in [0.2, 0.25) is 0 Å². The smallest absolute Gasteiger partial charge is 0.323 e. The van der Waals surface area contributed by atoms with E-state index in [0.717, 1.165) is 23.3 Å². The van der Waals surface area contributed by atoms with Gasteiger partial charge in [-0.3, -0.25) is 14.5 Å². The molecule has 3 aliphatic rings. The monoisotopic (exact) mass is 500 g/mol. The van der Waals surface area contributed by atoms with Gasteiger partial charge in [0.15, 0.2) is 0 Å². The Balaban J connectivity index is 1.40. The molecule has 0 aromatic heterocycles. The zero-order valence-corrected chi connectivity index (χ0v) is 20.6. The van der Waals surface area contributed by atoms with Crippen molar-refractivity contribution in [2.75, 3.05) is 11.4 Å². The molecule has 1 aliphatic carbocycles. The third kappa shape index (κ3) is 3.83. The van der Waals surface area contributed by atoms with E-state index in [0.29, 0.717) is 21.2 Å². The van der Waals surface area contributed by atoms with Gasteiger partial charge in [0.25, 0.3) is 5.91 Å². The molecule has 3 aromatic carbocycles. The van der Waals surface area contributed by atoms with Crippen molar-refractivity contribution in [1.29, 1.82) is 0 Å². The van der Waals surface area contributed by atoms with Crippen LogP contribution in [0.3, 0.4) is 0 Å². The van der Waals surface area contributed by atoms with Crippen molar-refractivity contribution in [3.05, 3.63) is 76.7 Å². The minimum Gasteiger partial charge on any atom is -0.480 e. The van der Waals surface area contributed by atoms with Crippen molar-refractivity contribution in [3.63, 3.8) is 0 Å². The summed E-state index contributed by atoms with van der Waals surface area (Å²) in [5.74, 6) is -0.958. The minimum atomic E-state index is -1.07. The van der Waals surface area contributed by atoms with Crippen LogP contribution in [0.1, 0.15) is 42.7 Å². The highest BCUT2D eigenvalue weighted by atomic mass is 32.2. The molecule has 0 radical (unpaired) electrons. The first-order valence-electron chi connectivity index (χ1n) is 11.9. The van der Waals surface area contributed by atoms with Gasteiger partial charge < -0.3 is 10.0 Å². The first-order valence-corrected chi connectivity index (χ1v) is 13.1. The molecule has 6 rings (SSSR count). The summed E-state index contributed by atoms with van der Waals surface area (Å²) in [7, 11) is 0. The molecular weight excluding hydrogens is 476 g/mol. The Labute approximate surface area is 213 Å². The molecule has 5 nitrogen and oxygen atoms in total. The number of carboxylic acids is 1. The number of aliphatic carboxylic acids is 1. The average Bonchev–Trinajstić information content (AvgIpc) is 3.32. The Hall–Kier alpha value is -3.16. The van der Waals surface area contributed by atoms with Crippen molar-refractivity contribution in [2.45, 2.75) is 37.6 Å². The molecule has 2 heterocycles. The van der Waals surface area contributed by atoms with E-state index in [1.807, 2.05) is 6.08 Å². The van der Waals surface area contributed by atoms with Crippen LogP contribution in [0.5, 0.6) is 0 Å². The van der Waals surface area contributed by atoms with Crippen molar-refractivity contribution < 1.29 is 14.7 Å². The maximum Gasteiger partial charge on any atom is 0.323 e. The van der Waals surface area contributed by atoms with E-state index in [1.54, 1.807) is 0 Å². The lowest BCUT2D eigenvalue weighted by Gasteiger charge is -2.34. The Morgan fingerprint density at radius 1 is 1.06 bits per heavy atom. The first kappa shape index (κ1) is 22.3. The molecule has 0 spiro atoms. The number of carboxylic acid groups (broad SMARTS) is 1. The van der Waals surface area contributed by atoms with Crippen LogP contribution < -0.4 is 4.90 Å². The Bertz CT molecular complexity index is 1410. The van der Waals surface area contributed by atoms with Crippen LogP contribution in [0, 0.1) is 0 Å². The van der Waals surface area contributed by atoms with Gasteiger partial charge in [-0.25, -0.2) is 0 Å². The van der Waals surface area contributed by atoms with E-state index in [4.69, 9.17) is 17.3 Å². The van der Waals surface area contributed by atoms with Gasteiger partial charge >= 0.3 is 5.97 Å². The number of anilines is 2.